The van der Waals surface area contributed by atoms with Crippen LogP contribution in [-0.2, 0) is 6.54 Å². The molecule has 2 rings (SSSR count). The number of hydrogen-bond acceptors (Lipinski definition) is 4. The summed E-state index contributed by atoms with van der Waals surface area (Å²) in [6, 6.07) is 4.71. The molecule has 0 bridgehead atoms. The molecule has 2 N–H and O–H groups in total. The molecule has 0 radical (unpaired) electrons. The third-order valence-corrected chi connectivity index (χ3v) is 2.82. The van der Waals surface area contributed by atoms with Gasteiger partial charge < -0.3 is 10.4 Å². The van der Waals surface area contributed by atoms with Gasteiger partial charge in [0.1, 0.15) is 0 Å². The van der Waals surface area contributed by atoms with Crippen LogP contribution in [0, 0.1) is 6.92 Å². The first-order chi connectivity index (χ1) is 9.06. The van der Waals surface area contributed by atoms with Crippen molar-refractivity contribution in [1.82, 2.24) is 9.97 Å². The van der Waals surface area contributed by atoms with Crippen molar-refractivity contribution in [1.29, 1.82) is 0 Å². The van der Waals surface area contributed by atoms with Gasteiger partial charge in [0.05, 0.1) is 34.7 Å². The highest BCUT2D eigenvalue weighted by Gasteiger charge is 2.08. The number of carbonyl (C=O) groups is 1. The number of halogens is 1. The average Bonchev–Trinajstić information content (AvgIpc) is 2.37. The van der Waals surface area contributed by atoms with Crippen molar-refractivity contribution >= 4 is 23.3 Å². The van der Waals surface area contributed by atoms with Gasteiger partial charge in [0.15, 0.2) is 0 Å². The average molecular weight is 278 g/mol. The minimum absolute atomic E-state index is 0.0855. The Morgan fingerprint density at radius 3 is 2.74 bits per heavy atom. The second-order valence-corrected chi connectivity index (χ2v) is 4.41. The molecule has 19 heavy (non-hydrogen) atoms. The van der Waals surface area contributed by atoms with Gasteiger partial charge in [0.2, 0.25) is 0 Å². The summed E-state index contributed by atoms with van der Waals surface area (Å²) in [5, 5.41) is 12.2. The van der Waals surface area contributed by atoms with Crippen molar-refractivity contribution in [2.75, 3.05) is 5.32 Å². The van der Waals surface area contributed by atoms with E-state index in [1.54, 1.807) is 24.5 Å². The molecular weight excluding hydrogens is 266 g/mol. The first kappa shape index (κ1) is 13.3. The smallest absolute Gasteiger partial charge is 0.337 e. The lowest BCUT2D eigenvalue weighted by atomic mass is 10.2. The lowest BCUT2D eigenvalue weighted by Crippen LogP contribution is -2.04. The molecule has 0 saturated carbocycles. The van der Waals surface area contributed by atoms with Crippen LogP contribution < -0.4 is 5.32 Å². The molecule has 0 fully saturated rings. The molecule has 0 atom stereocenters. The second-order valence-electron chi connectivity index (χ2n) is 4.00. The molecule has 6 heteroatoms. The number of hydrogen-bond donors (Lipinski definition) is 2. The molecule has 0 aliphatic carbocycles. The Morgan fingerprint density at radius 1 is 1.37 bits per heavy atom. The highest BCUT2D eigenvalue weighted by Crippen LogP contribution is 2.21. The van der Waals surface area contributed by atoms with Gasteiger partial charge in [-0.2, -0.15) is 0 Å². The zero-order chi connectivity index (χ0) is 13.8. The predicted octanol–water partition coefficient (Wildman–Crippen LogP) is 2.75. The van der Waals surface area contributed by atoms with Gasteiger partial charge in [0, 0.05) is 11.9 Å². The Kier molecular flexibility index (Phi) is 3.97. The standard InChI is InChI=1S/C13H12ClN3O2/c1-8-5-16-10(6-15-8)7-17-9-2-3-11(13(18)19)12(14)4-9/h2-6,17H,7H2,1H3,(H,18,19). The van der Waals surface area contributed by atoms with E-state index in [9.17, 15) is 4.79 Å². The summed E-state index contributed by atoms with van der Waals surface area (Å²) >= 11 is 5.88. The van der Waals surface area contributed by atoms with Gasteiger partial charge in [-0.1, -0.05) is 11.6 Å². The molecule has 0 saturated heterocycles. The van der Waals surface area contributed by atoms with E-state index in [0.717, 1.165) is 17.1 Å². The van der Waals surface area contributed by atoms with E-state index in [-0.39, 0.29) is 10.6 Å². The fraction of sp³-hybridized carbons (Fsp3) is 0.154. The summed E-state index contributed by atoms with van der Waals surface area (Å²) in [6.07, 6.45) is 3.38. The van der Waals surface area contributed by atoms with Crippen LogP contribution in [0.1, 0.15) is 21.7 Å². The maximum atomic E-state index is 10.8. The number of aromatic nitrogens is 2. The Balaban J connectivity index is 2.06. The number of aryl methyl sites for hydroxylation is 1. The molecule has 2 aromatic rings. The topological polar surface area (TPSA) is 75.1 Å². The largest absolute Gasteiger partial charge is 0.478 e. The van der Waals surface area contributed by atoms with Crippen LogP contribution in [0.25, 0.3) is 0 Å². The summed E-state index contributed by atoms with van der Waals surface area (Å²) in [4.78, 5) is 19.2. The van der Waals surface area contributed by atoms with Crippen molar-refractivity contribution in [3.63, 3.8) is 0 Å². The number of benzene rings is 1. The summed E-state index contributed by atoms with van der Waals surface area (Å²) < 4.78 is 0. The maximum Gasteiger partial charge on any atom is 0.337 e. The number of nitrogens with one attached hydrogen (secondary N) is 1. The van der Waals surface area contributed by atoms with Crippen molar-refractivity contribution in [2.45, 2.75) is 13.5 Å². The van der Waals surface area contributed by atoms with E-state index in [1.807, 2.05) is 6.92 Å². The summed E-state index contributed by atoms with van der Waals surface area (Å²) in [6.45, 7) is 2.37. The van der Waals surface area contributed by atoms with E-state index in [4.69, 9.17) is 16.7 Å². The molecule has 0 amide bonds. The van der Waals surface area contributed by atoms with Crippen LogP contribution in [0.2, 0.25) is 5.02 Å². The van der Waals surface area contributed by atoms with E-state index < -0.39 is 5.97 Å². The van der Waals surface area contributed by atoms with Crippen molar-refractivity contribution in [2.24, 2.45) is 0 Å². The first-order valence-electron chi connectivity index (χ1n) is 5.60. The number of aromatic carboxylic acids is 1. The first-order valence-corrected chi connectivity index (χ1v) is 5.98. The molecule has 0 aliphatic rings. The molecule has 1 aromatic heterocycles. The number of nitrogens with zero attached hydrogens (tertiary/aromatic N) is 2. The minimum atomic E-state index is -1.04. The van der Waals surface area contributed by atoms with Gasteiger partial charge >= 0.3 is 5.97 Å². The van der Waals surface area contributed by atoms with Crippen LogP contribution >= 0.6 is 11.6 Å². The van der Waals surface area contributed by atoms with Gasteiger partial charge in [0.25, 0.3) is 0 Å². The predicted molar refractivity (Wildman–Crippen MR) is 72.5 cm³/mol. The van der Waals surface area contributed by atoms with Crippen molar-refractivity contribution < 1.29 is 9.90 Å². The van der Waals surface area contributed by atoms with Gasteiger partial charge in [-0.25, -0.2) is 4.79 Å². The maximum absolute atomic E-state index is 10.8. The molecule has 98 valence electrons. The van der Waals surface area contributed by atoms with Crippen LogP contribution in [0.4, 0.5) is 5.69 Å². The van der Waals surface area contributed by atoms with E-state index >= 15 is 0 Å². The molecular formula is C13H12ClN3O2. The summed E-state index contributed by atoms with van der Waals surface area (Å²) in [5.74, 6) is -1.04. The van der Waals surface area contributed by atoms with Crippen LogP contribution in [0.5, 0.6) is 0 Å². The van der Waals surface area contributed by atoms with Crippen LogP contribution in [0.3, 0.4) is 0 Å². The number of carboxylic acid groups (broad SMARTS) is 1. The van der Waals surface area contributed by atoms with E-state index in [1.165, 1.54) is 6.07 Å². The zero-order valence-electron chi connectivity index (χ0n) is 10.2. The molecule has 1 aromatic carbocycles. The molecule has 0 aliphatic heterocycles. The quantitative estimate of drug-likeness (QED) is 0.899. The molecule has 1 heterocycles. The highest BCUT2D eigenvalue weighted by atomic mass is 35.5. The third-order valence-electron chi connectivity index (χ3n) is 2.51. The Hall–Kier alpha value is -2.14. The Morgan fingerprint density at radius 2 is 2.16 bits per heavy atom. The monoisotopic (exact) mass is 277 g/mol. The second kappa shape index (κ2) is 5.67. The number of rotatable bonds is 4. The van der Waals surface area contributed by atoms with Crippen molar-refractivity contribution in [3.8, 4) is 0 Å². The van der Waals surface area contributed by atoms with Crippen LogP contribution in [0.15, 0.2) is 30.6 Å². The molecule has 0 unspecified atom stereocenters. The summed E-state index contributed by atoms with van der Waals surface area (Å²) in [7, 11) is 0. The lowest BCUT2D eigenvalue weighted by molar-refractivity contribution is 0.0697. The zero-order valence-corrected chi connectivity index (χ0v) is 11.0. The van der Waals surface area contributed by atoms with Gasteiger partial charge in [-0.15, -0.1) is 0 Å². The fourth-order valence-electron chi connectivity index (χ4n) is 1.50. The van der Waals surface area contributed by atoms with E-state index in [2.05, 4.69) is 15.3 Å². The van der Waals surface area contributed by atoms with Crippen molar-refractivity contribution in [3.05, 3.63) is 52.6 Å². The minimum Gasteiger partial charge on any atom is -0.478 e. The number of carboxylic acids is 1. The summed E-state index contributed by atoms with van der Waals surface area (Å²) in [5.41, 5.74) is 2.47. The number of anilines is 1. The van der Waals surface area contributed by atoms with Gasteiger partial charge in [-0.05, 0) is 25.1 Å². The molecule has 0 spiro atoms. The normalized spacial score (nSPS) is 10.2. The van der Waals surface area contributed by atoms with Crippen LogP contribution in [-0.4, -0.2) is 21.0 Å². The SMILES string of the molecule is Cc1cnc(CNc2ccc(C(=O)O)c(Cl)c2)cn1. The highest BCUT2D eigenvalue weighted by molar-refractivity contribution is 6.33. The Labute approximate surface area is 115 Å². The van der Waals surface area contributed by atoms with Gasteiger partial charge in [-0.3, -0.25) is 9.97 Å². The molecule has 5 nitrogen and oxygen atoms in total. The van der Waals surface area contributed by atoms with E-state index in [0.29, 0.717) is 6.54 Å². The third kappa shape index (κ3) is 3.42. The Bertz CT molecular complexity index is 599. The lowest BCUT2D eigenvalue weighted by Gasteiger charge is -2.07. The fourth-order valence-corrected chi connectivity index (χ4v) is 1.76.